The molecule has 1 heterocycles. The fourth-order valence-electron chi connectivity index (χ4n) is 3.99. The van der Waals surface area contributed by atoms with Crippen molar-refractivity contribution in [1.82, 2.24) is 10.6 Å². The number of rotatable bonds is 8. The fourth-order valence-corrected chi connectivity index (χ4v) is 3.99. The van der Waals surface area contributed by atoms with Crippen molar-refractivity contribution in [2.75, 3.05) is 19.8 Å². The maximum Gasteiger partial charge on any atom is 0.251 e. The lowest BCUT2D eigenvalue weighted by molar-refractivity contribution is -0.133. The molecule has 1 aromatic carbocycles. The van der Waals surface area contributed by atoms with Crippen LogP contribution >= 0.6 is 0 Å². The minimum atomic E-state index is -0.822. The van der Waals surface area contributed by atoms with Crippen molar-refractivity contribution in [3.05, 3.63) is 29.3 Å². The Morgan fingerprint density at radius 3 is 2.69 bits per heavy atom. The van der Waals surface area contributed by atoms with Crippen LogP contribution in [-0.2, 0) is 9.59 Å². The predicted octanol–water partition coefficient (Wildman–Crippen LogP) is 3.60. The first-order valence-corrected chi connectivity index (χ1v) is 10.8. The molecule has 158 valence electrons. The number of fused-ring (bicyclic) bond motifs is 1. The summed E-state index contributed by atoms with van der Waals surface area (Å²) in [6.45, 7) is 5.37. The second-order valence-electron chi connectivity index (χ2n) is 7.77. The summed E-state index contributed by atoms with van der Waals surface area (Å²) in [5.74, 6) is 1.05. The quantitative estimate of drug-likeness (QED) is 0.654. The zero-order chi connectivity index (χ0) is 20.7. The zero-order valence-electron chi connectivity index (χ0n) is 17.5. The van der Waals surface area contributed by atoms with Gasteiger partial charge in [0.1, 0.15) is 12.1 Å². The lowest BCUT2D eigenvalue weighted by atomic mass is 9.80. The number of hydrogen-bond donors (Lipinski definition) is 2. The van der Waals surface area contributed by atoms with E-state index in [0.29, 0.717) is 43.1 Å². The van der Waals surface area contributed by atoms with E-state index in [-0.39, 0.29) is 18.4 Å². The van der Waals surface area contributed by atoms with E-state index in [1.165, 1.54) is 0 Å². The molecule has 1 aliphatic heterocycles. The van der Waals surface area contributed by atoms with E-state index in [9.17, 15) is 9.59 Å². The Morgan fingerprint density at radius 1 is 1.17 bits per heavy atom. The number of benzene rings is 1. The standard InChI is InChI=1S/C23H32N2O4/c1-3-5-14-24-22(27)23(12-7-6-8-13-23)25-21(26)18-15-17-10-9-11-19(28-4-2)20(17)29-16-18/h9-11,15H,3-8,12-14,16H2,1-2H3,(H,24,27)(H,25,26). The van der Waals surface area contributed by atoms with E-state index in [0.717, 1.165) is 37.7 Å². The Hall–Kier alpha value is -2.50. The monoisotopic (exact) mass is 400 g/mol. The number of carbonyl (C=O) groups is 2. The maximum atomic E-state index is 13.1. The van der Waals surface area contributed by atoms with E-state index in [1.54, 1.807) is 0 Å². The van der Waals surface area contributed by atoms with Gasteiger partial charge in [0, 0.05) is 12.1 Å². The Morgan fingerprint density at radius 2 is 1.97 bits per heavy atom. The van der Waals surface area contributed by atoms with Gasteiger partial charge in [0.15, 0.2) is 11.5 Å². The predicted molar refractivity (Wildman–Crippen MR) is 113 cm³/mol. The molecule has 1 aromatic rings. The third-order valence-electron chi connectivity index (χ3n) is 5.61. The first kappa shape index (κ1) is 21.2. The number of carbonyl (C=O) groups excluding carboxylic acids is 2. The van der Waals surface area contributed by atoms with Crippen LogP contribution in [0.15, 0.2) is 23.8 Å². The number of hydrogen-bond acceptors (Lipinski definition) is 4. The van der Waals surface area contributed by atoms with Gasteiger partial charge in [-0.25, -0.2) is 0 Å². The Kier molecular flexibility index (Phi) is 7.18. The highest BCUT2D eigenvalue weighted by Crippen LogP contribution is 2.36. The molecule has 1 aliphatic carbocycles. The number of amides is 2. The normalized spacial score (nSPS) is 17.4. The summed E-state index contributed by atoms with van der Waals surface area (Å²) < 4.78 is 11.5. The largest absolute Gasteiger partial charge is 0.490 e. The summed E-state index contributed by atoms with van der Waals surface area (Å²) in [5.41, 5.74) is 0.520. The van der Waals surface area contributed by atoms with Crippen LogP contribution in [0.25, 0.3) is 6.08 Å². The van der Waals surface area contributed by atoms with Crippen LogP contribution < -0.4 is 20.1 Å². The number of unbranched alkanes of at least 4 members (excludes halogenated alkanes) is 1. The molecule has 0 radical (unpaired) electrons. The highest BCUT2D eigenvalue weighted by molar-refractivity contribution is 6.02. The van der Waals surface area contributed by atoms with Crippen LogP contribution in [0.1, 0.15) is 64.4 Å². The summed E-state index contributed by atoms with van der Waals surface area (Å²) in [6, 6.07) is 5.64. The highest BCUT2D eigenvalue weighted by atomic mass is 16.5. The average Bonchev–Trinajstić information content (AvgIpc) is 2.74. The van der Waals surface area contributed by atoms with Gasteiger partial charge in [-0.3, -0.25) is 9.59 Å². The molecule has 1 fully saturated rings. The average molecular weight is 401 g/mol. The molecule has 2 N–H and O–H groups in total. The molecule has 3 rings (SSSR count). The van der Waals surface area contributed by atoms with Crippen molar-refractivity contribution in [3.8, 4) is 11.5 Å². The van der Waals surface area contributed by atoms with Crippen LogP contribution in [0.3, 0.4) is 0 Å². The molecule has 29 heavy (non-hydrogen) atoms. The van der Waals surface area contributed by atoms with Crippen molar-refractivity contribution in [2.45, 2.75) is 64.3 Å². The van der Waals surface area contributed by atoms with Gasteiger partial charge in [-0.05, 0) is 38.3 Å². The topological polar surface area (TPSA) is 76.7 Å². The van der Waals surface area contributed by atoms with E-state index in [4.69, 9.17) is 9.47 Å². The summed E-state index contributed by atoms with van der Waals surface area (Å²) in [4.78, 5) is 26.0. The van der Waals surface area contributed by atoms with Crippen LogP contribution in [0.4, 0.5) is 0 Å². The van der Waals surface area contributed by atoms with Crippen LogP contribution in [0.5, 0.6) is 11.5 Å². The summed E-state index contributed by atoms with van der Waals surface area (Å²) >= 11 is 0. The van der Waals surface area contributed by atoms with Crippen molar-refractivity contribution in [1.29, 1.82) is 0 Å². The summed E-state index contributed by atoms with van der Waals surface area (Å²) in [7, 11) is 0. The Bertz CT molecular complexity index is 766. The first-order chi connectivity index (χ1) is 14.1. The second-order valence-corrected chi connectivity index (χ2v) is 7.77. The molecule has 2 amide bonds. The molecular formula is C23H32N2O4. The number of nitrogens with one attached hydrogen (secondary N) is 2. The number of ether oxygens (including phenoxy) is 2. The fraction of sp³-hybridized carbons (Fsp3) is 0.565. The van der Waals surface area contributed by atoms with Crippen molar-refractivity contribution in [3.63, 3.8) is 0 Å². The molecule has 6 nitrogen and oxygen atoms in total. The zero-order valence-corrected chi connectivity index (χ0v) is 17.5. The van der Waals surface area contributed by atoms with Gasteiger partial charge in [-0.15, -0.1) is 0 Å². The smallest absolute Gasteiger partial charge is 0.251 e. The lowest BCUT2D eigenvalue weighted by Crippen LogP contribution is -2.60. The first-order valence-electron chi connectivity index (χ1n) is 10.8. The van der Waals surface area contributed by atoms with Crippen LogP contribution in [-0.4, -0.2) is 37.1 Å². The van der Waals surface area contributed by atoms with Gasteiger partial charge in [0.2, 0.25) is 5.91 Å². The molecule has 1 saturated carbocycles. The van der Waals surface area contributed by atoms with Crippen molar-refractivity contribution >= 4 is 17.9 Å². The SMILES string of the molecule is CCCCNC(=O)C1(NC(=O)C2=Cc3cccc(OCC)c3OC2)CCCCC1. The van der Waals surface area contributed by atoms with E-state index in [2.05, 4.69) is 17.6 Å². The highest BCUT2D eigenvalue weighted by Gasteiger charge is 2.41. The Balaban J connectivity index is 1.76. The van der Waals surface area contributed by atoms with Gasteiger partial charge >= 0.3 is 0 Å². The minimum Gasteiger partial charge on any atom is -0.490 e. The molecule has 0 bridgehead atoms. The van der Waals surface area contributed by atoms with Gasteiger partial charge in [-0.2, -0.15) is 0 Å². The van der Waals surface area contributed by atoms with Crippen LogP contribution in [0, 0.1) is 0 Å². The Labute approximate surface area is 173 Å². The molecular weight excluding hydrogens is 368 g/mol. The third-order valence-corrected chi connectivity index (χ3v) is 5.61. The van der Waals surface area contributed by atoms with Gasteiger partial charge in [0.05, 0.1) is 12.2 Å². The number of para-hydroxylation sites is 1. The van der Waals surface area contributed by atoms with Crippen molar-refractivity contribution in [2.24, 2.45) is 0 Å². The van der Waals surface area contributed by atoms with Crippen molar-refractivity contribution < 1.29 is 19.1 Å². The van der Waals surface area contributed by atoms with Crippen LogP contribution in [0.2, 0.25) is 0 Å². The molecule has 2 aliphatic rings. The van der Waals surface area contributed by atoms with Gasteiger partial charge in [-0.1, -0.05) is 44.7 Å². The summed E-state index contributed by atoms with van der Waals surface area (Å²) in [5, 5.41) is 6.09. The molecule has 0 spiro atoms. The van der Waals surface area contributed by atoms with Gasteiger partial charge in [0.25, 0.3) is 5.91 Å². The maximum absolute atomic E-state index is 13.1. The molecule has 0 saturated heterocycles. The van der Waals surface area contributed by atoms with E-state index in [1.807, 2.05) is 31.2 Å². The lowest BCUT2D eigenvalue weighted by Gasteiger charge is -2.37. The van der Waals surface area contributed by atoms with Gasteiger partial charge < -0.3 is 20.1 Å². The molecule has 0 aromatic heterocycles. The van der Waals surface area contributed by atoms with E-state index >= 15 is 0 Å². The minimum absolute atomic E-state index is 0.0599. The third kappa shape index (κ3) is 4.92. The summed E-state index contributed by atoms with van der Waals surface area (Å²) in [6.07, 6.45) is 8.13. The molecule has 6 heteroatoms. The van der Waals surface area contributed by atoms with E-state index < -0.39 is 5.54 Å². The molecule has 0 atom stereocenters. The second kappa shape index (κ2) is 9.81. The molecule has 0 unspecified atom stereocenters.